The average Bonchev–Trinajstić information content (AvgIpc) is 2.79. The average molecular weight is 474 g/mol. The van der Waals surface area contributed by atoms with Gasteiger partial charge in [0, 0.05) is 32.4 Å². The maximum atomic E-state index is 12.0. The van der Waals surface area contributed by atoms with Gasteiger partial charge >= 0.3 is 0 Å². The molecule has 0 aromatic carbocycles. The lowest BCUT2D eigenvalue weighted by atomic mass is 10.0. The zero-order valence-corrected chi connectivity index (χ0v) is 20.2. The summed E-state index contributed by atoms with van der Waals surface area (Å²) >= 11 is 0. The molecule has 0 aliphatic carbocycles. The molecule has 0 aliphatic heterocycles. The van der Waals surface area contributed by atoms with Crippen molar-refractivity contribution < 1.29 is 38.4 Å². The number of Topliss-reactive ketones (excluding diaryl/α,β-unsaturated/α-hetero) is 2. The van der Waals surface area contributed by atoms with Crippen LogP contribution in [-0.4, -0.2) is 88.6 Å². The van der Waals surface area contributed by atoms with Crippen molar-refractivity contribution in [2.75, 3.05) is 66.0 Å². The quantitative estimate of drug-likeness (QED) is 0.153. The molecule has 0 saturated carbocycles. The second-order valence-corrected chi connectivity index (χ2v) is 7.67. The van der Waals surface area contributed by atoms with E-state index < -0.39 is 0 Å². The van der Waals surface area contributed by atoms with Crippen LogP contribution in [0, 0.1) is 0 Å². The molecule has 0 radical (unpaired) electrons. The molecule has 0 saturated heterocycles. The molecular weight excluding hydrogens is 430 g/mol. The summed E-state index contributed by atoms with van der Waals surface area (Å²) in [5.74, 6) is -0.102. The van der Waals surface area contributed by atoms with Crippen molar-refractivity contribution in [3.63, 3.8) is 0 Å². The van der Waals surface area contributed by atoms with Gasteiger partial charge in [0.15, 0.2) is 5.78 Å². The third-order valence-corrected chi connectivity index (χ3v) is 4.64. The highest BCUT2D eigenvalue weighted by atomic mass is 16.6. The van der Waals surface area contributed by atoms with Gasteiger partial charge in [-0.3, -0.25) is 9.59 Å². The van der Waals surface area contributed by atoms with Gasteiger partial charge in [0.2, 0.25) is 5.91 Å². The number of unbranched alkanes of at least 4 members (excludes halogenated alkanes) is 3. The lowest BCUT2D eigenvalue weighted by Gasteiger charge is -2.08. The molecule has 0 unspecified atom stereocenters. The van der Waals surface area contributed by atoms with Crippen LogP contribution in [0.2, 0.25) is 0 Å². The number of aliphatic hydroxyl groups is 1. The molecule has 0 rings (SSSR count). The second-order valence-electron chi connectivity index (χ2n) is 7.67. The van der Waals surface area contributed by atoms with E-state index in [2.05, 4.69) is 11.9 Å². The van der Waals surface area contributed by atoms with E-state index in [1.807, 2.05) is 0 Å². The van der Waals surface area contributed by atoms with Gasteiger partial charge in [-0.15, -0.1) is 0 Å². The predicted molar refractivity (Wildman–Crippen MR) is 125 cm³/mol. The first-order chi connectivity index (χ1) is 16.0. The van der Waals surface area contributed by atoms with E-state index in [-0.39, 0.29) is 36.9 Å². The number of rotatable bonds is 25. The summed E-state index contributed by atoms with van der Waals surface area (Å²) in [7, 11) is 0. The van der Waals surface area contributed by atoms with Crippen molar-refractivity contribution in [2.24, 2.45) is 0 Å². The minimum atomic E-state index is -0.149. The molecule has 0 spiro atoms. The molecule has 0 aliphatic rings. The van der Waals surface area contributed by atoms with Gasteiger partial charge in [0.05, 0.1) is 52.9 Å². The Morgan fingerprint density at radius 2 is 1.24 bits per heavy atom. The molecule has 0 bridgehead atoms. The minimum Gasteiger partial charge on any atom is -0.396 e. The van der Waals surface area contributed by atoms with Crippen LogP contribution < -0.4 is 5.32 Å². The smallest absolute Gasteiger partial charge is 0.220 e. The molecular formula is C24H43NO8. The first-order valence-corrected chi connectivity index (χ1v) is 11.9. The van der Waals surface area contributed by atoms with Crippen LogP contribution >= 0.6 is 0 Å². The number of aliphatic hydroxyl groups excluding tert-OH is 1. The highest BCUT2D eigenvalue weighted by Gasteiger charge is 2.07. The monoisotopic (exact) mass is 473 g/mol. The van der Waals surface area contributed by atoms with E-state index in [4.69, 9.17) is 24.1 Å². The Morgan fingerprint density at radius 1 is 0.697 bits per heavy atom. The van der Waals surface area contributed by atoms with E-state index in [0.29, 0.717) is 77.8 Å². The largest absolute Gasteiger partial charge is 0.396 e. The molecule has 2 N–H and O–H groups in total. The molecule has 192 valence electrons. The summed E-state index contributed by atoms with van der Waals surface area (Å²) in [6.07, 6.45) is 5.23. The first kappa shape index (κ1) is 31.4. The van der Waals surface area contributed by atoms with Crippen LogP contribution in [-0.2, 0) is 33.3 Å². The van der Waals surface area contributed by atoms with Crippen molar-refractivity contribution in [1.29, 1.82) is 0 Å². The summed E-state index contributed by atoms with van der Waals surface area (Å²) in [4.78, 5) is 34.1. The molecule has 0 atom stereocenters. The molecule has 0 fully saturated rings. The third kappa shape index (κ3) is 23.3. The molecule has 33 heavy (non-hydrogen) atoms. The lowest BCUT2D eigenvalue weighted by molar-refractivity contribution is -0.124. The summed E-state index contributed by atoms with van der Waals surface area (Å²) in [6.45, 7) is 9.29. The summed E-state index contributed by atoms with van der Waals surface area (Å²) in [5, 5.41) is 11.4. The van der Waals surface area contributed by atoms with Crippen LogP contribution in [0.1, 0.15) is 58.3 Å². The second kappa shape index (κ2) is 23.5. The van der Waals surface area contributed by atoms with Gasteiger partial charge in [0.1, 0.15) is 5.78 Å². The Balaban J connectivity index is 3.30. The van der Waals surface area contributed by atoms with Crippen molar-refractivity contribution in [3.8, 4) is 0 Å². The first-order valence-electron chi connectivity index (χ1n) is 11.9. The van der Waals surface area contributed by atoms with Crippen LogP contribution in [0.15, 0.2) is 12.2 Å². The third-order valence-electron chi connectivity index (χ3n) is 4.64. The summed E-state index contributed by atoms with van der Waals surface area (Å²) < 4.78 is 21.5. The molecule has 0 aromatic rings. The molecule has 9 nitrogen and oxygen atoms in total. The number of carbonyl (C=O) groups is 3. The Kier molecular flexibility index (Phi) is 22.3. The maximum Gasteiger partial charge on any atom is 0.220 e. The minimum absolute atomic E-state index is 0.00161. The van der Waals surface area contributed by atoms with Gasteiger partial charge in [-0.05, 0) is 31.8 Å². The number of carbonyl (C=O) groups excluding carboxylic acids is 3. The highest BCUT2D eigenvalue weighted by Crippen LogP contribution is 2.10. The van der Waals surface area contributed by atoms with Crippen LogP contribution in [0.25, 0.3) is 0 Å². The van der Waals surface area contributed by atoms with Gasteiger partial charge in [-0.25, -0.2) is 0 Å². The maximum absolute atomic E-state index is 12.0. The number of ketones is 2. The van der Waals surface area contributed by atoms with Crippen molar-refractivity contribution in [3.05, 3.63) is 12.2 Å². The Hall–Kier alpha value is -1.65. The fraction of sp³-hybridized carbons (Fsp3) is 0.792. The summed E-state index contributed by atoms with van der Waals surface area (Å²) in [5.41, 5.74) is 0.648. The van der Waals surface area contributed by atoms with Gasteiger partial charge in [-0.2, -0.15) is 0 Å². The zero-order valence-electron chi connectivity index (χ0n) is 20.2. The standard InChI is InChI=1S/C24H43NO8/c1-21(7-5-3-4-6-12-26)23(28)10-13-30-15-17-32-19-20-33-18-16-31-14-11-25-24(29)9-8-22(2)27/h26H,1,3-20H2,2H3,(H,25,29). The van der Waals surface area contributed by atoms with E-state index >= 15 is 0 Å². The Labute approximate surface area is 198 Å². The number of allylic oxidation sites excluding steroid dienone is 1. The molecule has 0 heterocycles. The lowest BCUT2D eigenvalue weighted by Crippen LogP contribution is -2.27. The molecule has 0 aromatic heterocycles. The zero-order chi connectivity index (χ0) is 24.6. The van der Waals surface area contributed by atoms with E-state index in [9.17, 15) is 14.4 Å². The summed E-state index contributed by atoms with van der Waals surface area (Å²) in [6, 6.07) is 0. The van der Waals surface area contributed by atoms with Crippen molar-refractivity contribution in [1.82, 2.24) is 5.32 Å². The topological polar surface area (TPSA) is 120 Å². The van der Waals surface area contributed by atoms with Crippen LogP contribution in [0.4, 0.5) is 0 Å². The Morgan fingerprint density at radius 3 is 1.82 bits per heavy atom. The predicted octanol–water partition coefficient (Wildman–Crippen LogP) is 2.00. The highest BCUT2D eigenvalue weighted by molar-refractivity contribution is 5.94. The number of nitrogens with one attached hydrogen (secondary N) is 1. The van der Waals surface area contributed by atoms with Gasteiger partial charge < -0.3 is 34.2 Å². The normalized spacial score (nSPS) is 10.8. The van der Waals surface area contributed by atoms with Gasteiger partial charge in [0.25, 0.3) is 0 Å². The molecule has 1 amide bonds. The van der Waals surface area contributed by atoms with Crippen LogP contribution in [0.3, 0.4) is 0 Å². The van der Waals surface area contributed by atoms with E-state index in [1.165, 1.54) is 6.92 Å². The number of hydrogen-bond acceptors (Lipinski definition) is 8. The molecule has 9 heteroatoms. The SMILES string of the molecule is C=C(CCCCCCO)C(=O)CCOCCOCCOCCOCCNC(=O)CCC(C)=O. The van der Waals surface area contributed by atoms with Gasteiger partial charge in [-0.1, -0.05) is 19.4 Å². The van der Waals surface area contributed by atoms with Crippen molar-refractivity contribution in [2.45, 2.75) is 58.3 Å². The number of hydrogen-bond donors (Lipinski definition) is 2. The van der Waals surface area contributed by atoms with E-state index in [0.717, 1.165) is 25.7 Å². The van der Waals surface area contributed by atoms with E-state index in [1.54, 1.807) is 0 Å². The number of ether oxygens (including phenoxy) is 4. The number of amides is 1. The fourth-order valence-corrected chi connectivity index (χ4v) is 2.69. The Bertz CT molecular complexity index is 539. The van der Waals surface area contributed by atoms with Crippen molar-refractivity contribution >= 4 is 17.5 Å². The fourth-order valence-electron chi connectivity index (χ4n) is 2.69. The van der Waals surface area contributed by atoms with Crippen LogP contribution in [0.5, 0.6) is 0 Å².